The number of fused-ring (bicyclic) bond motifs is 1. The Hall–Kier alpha value is -2.83. The fourth-order valence-corrected chi connectivity index (χ4v) is 7.17. The molecule has 0 bridgehead atoms. The van der Waals surface area contributed by atoms with Crippen LogP contribution in [0, 0.1) is 5.82 Å². The molecule has 0 radical (unpaired) electrons. The van der Waals surface area contributed by atoms with Crippen molar-refractivity contribution in [2.24, 2.45) is 0 Å². The molecule has 0 unspecified atom stereocenters. The number of benzene rings is 1. The number of carbonyl (C=O) groups is 1. The molecule has 1 fully saturated rings. The number of sulfonamides is 2. The zero-order valence-corrected chi connectivity index (χ0v) is 22.7. The molecule has 1 aliphatic heterocycles. The van der Waals surface area contributed by atoms with Crippen LogP contribution in [-0.4, -0.2) is 63.6 Å². The van der Waals surface area contributed by atoms with E-state index in [-0.39, 0.29) is 53.9 Å². The number of Topliss-reactive ketones (excluding diaryl/α,β-unsaturated/α-hetero) is 1. The molecule has 3 aromatic rings. The maximum absolute atomic E-state index is 13.5. The van der Waals surface area contributed by atoms with Gasteiger partial charge in [-0.3, -0.25) is 9.10 Å². The molecule has 2 aromatic heterocycles. The maximum Gasteiger partial charge on any atom is 0.233 e. The molecule has 12 heteroatoms. The highest BCUT2D eigenvalue weighted by molar-refractivity contribution is 7.92. The lowest BCUT2D eigenvalue weighted by molar-refractivity contribution is 0.101. The van der Waals surface area contributed by atoms with E-state index in [0.29, 0.717) is 35.9 Å². The Bertz CT molecular complexity index is 1530. The lowest BCUT2D eigenvalue weighted by Crippen LogP contribution is -2.40. The quantitative estimate of drug-likeness (QED) is 0.369. The summed E-state index contributed by atoms with van der Waals surface area (Å²) in [7, 11) is -7.10. The van der Waals surface area contributed by atoms with Crippen molar-refractivity contribution >= 4 is 42.7 Å². The Morgan fingerprint density at radius 1 is 1.22 bits per heavy atom. The third kappa shape index (κ3) is 5.70. The van der Waals surface area contributed by atoms with Crippen LogP contribution in [0.1, 0.15) is 49.0 Å². The molecule has 0 N–H and O–H groups in total. The number of aryl methyl sites for hydroxylation is 1. The van der Waals surface area contributed by atoms with Crippen LogP contribution in [0.15, 0.2) is 34.7 Å². The Morgan fingerprint density at radius 2 is 1.92 bits per heavy atom. The van der Waals surface area contributed by atoms with Crippen molar-refractivity contribution in [3.8, 4) is 11.3 Å². The second-order valence-corrected chi connectivity index (χ2v) is 13.2. The van der Waals surface area contributed by atoms with Gasteiger partial charge in [-0.25, -0.2) is 25.5 Å². The number of nitrogens with zero attached hydrogens (tertiary/aromatic N) is 3. The zero-order valence-electron chi connectivity index (χ0n) is 21.0. The van der Waals surface area contributed by atoms with E-state index >= 15 is 0 Å². The van der Waals surface area contributed by atoms with Gasteiger partial charge in [-0.2, -0.15) is 4.98 Å². The summed E-state index contributed by atoms with van der Waals surface area (Å²) in [5.74, 6) is -0.186. The van der Waals surface area contributed by atoms with Gasteiger partial charge in [-0.05, 0) is 68.5 Å². The number of aromatic nitrogens is 1. The van der Waals surface area contributed by atoms with E-state index in [1.807, 2.05) is 6.92 Å². The first kappa shape index (κ1) is 27.2. The number of furan rings is 1. The number of hydrogen-bond donors (Lipinski definition) is 0. The van der Waals surface area contributed by atoms with E-state index in [4.69, 9.17) is 4.42 Å². The molecule has 0 amide bonds. The number of halogens is 1. The molecule has 200 valence electrons. The molecule has 1 aliphatic rings. The third-order valence-corrected chi connectivity index (χ3v) is 9.55. The molecule has 1 aromatic carbocycles. The van der Waals surface area contributed by atoms with Gasteiger partial charge < -0.3 is 4.42 Å². The third-order valence-electron chi connectivity index (χ3n) is 6.44. The highest BCUT2D eigenvalue weighted by Gasteiger charge is 2.29. The first-order chi connectivity index (χ1) is 17.4. The van der Waals surface area contributed by atoms with Gasteiger partial charge in [0.25, 0.3) is 0 Å². The average molecular weight is 552 g/mol. The lowest BCUT2D eigenvalue weighted by Gasteiger charge is -2.28. The zero-order chi connectivity index (χ0) is 27.0. The summed E-state index contributed by atoms with van der Waals surface area (Å²) in [5, 5.41) is 0.445. The van der Waals surface area contributed by atoms with Crippen LogP contribution in [0.4, 0.5) is 10.2 Å². The number of hydrogen-bond acceptors (Lipinski definition) is 7. The van der Waals surface area contributed by atoms with Gasteiger partial charge in [0.1, 0.15) is 17.4 Å². The smallest absolute Gasteiger partial charge is 0.233 e. The second-order valence-electron chi connectivity index (χ2n) is 9.16. The number of carbonyl (C=O) groups excluding carboxylic acids is 1. The molecule has 3 heterocycles. The topological polar surface area (TPSA) is 118 Å². The van der Waals surface area contributed by atoms with E-state index < -0.39 is 25.9 Å². The van der Waals surface area contributed by atoms with Crippen LogP contribution < -0.4 is 4.31 Å². The Morgan fingerprint density at radius 3 is 2.51 bits per heavy atom. The van der Waals surface area contributed by atoms with Gasteiger partial charge in [0.15, 0.2) is 5.78 Å². The summed E-state index contributed by atoms with van der Waals surface area (Å²) >= 11 is 0. The predicted molar refractivity (Wildman–Crippen MR) is 140 cm³/mol. The van der Waals surface area contributed by atoms with Gasteiger partial charge in [0.05, 0.1) is 23.0 Å². The molecule has 0 atom stereocenters. The Kier molecular flexibility index (Phi) is 7.72. The second kappa shape index (κ2) is 10.5. The molecular weight excluding hydrogens is 521 g/mol. The van der Waals surface area contributed by atoms with Crippen LogP contribution in [0.25, 0.3) is 22.4 Å². The molecule has 37 heavy (non-hydrogen) atoms. The van der Waals surface area contributed by atoms with E-state index in [9.17, 15) is 26.0 Å². The van der Waals surface area contributed by atoms with Crippen molar-refractivity contribution in [3.63, 3.8) is 0 Å². The van der Waals surface area contributed by atoms with E-state index in [2.05, 4.69) is 4.98 Å². The highest BCUT2D eigenvalue weighted by Crippen LogP contribution is 2.36. The van der Waals surface area contributed by atoms with Crippen molar-refractivity contribution in [2.75, 3.05) is 35.9 Å². The molecule has 1 saturated heterocycles. The van der Waals surface area contributed by atoms with Crippen molar-refractivity contribution in [1.82, 2.24) is 9.29 Å². The molecule has 0 spiro atoms. The Balaban J connectivity index is 1.74. The van der Waals surface area contributed by atoms with Gasteiger partial charge in [-0.15, -0.1) is 0 Å². The van der Waals surface area contributed by atoms with Gasteiger partial charge in [0, 0.05) is 25.2 Å². The first-order valence-electron chi connectivity index (χ1n) is 12.1. The molecular formula is C25H30FN3O6S2. The lowest BCUT2D eigenvalue weighted by atomic mass is 10.0. The van der Waals surface area contributed by atoms with Crippen molar-refractivity contribution < 1.29 is 30.4 Å². The molecule has 0 saturated carbocycles. The standard InChI is InChI=1S/C25H30FN3O6S2/c1-4-18-16-21-22(17(2)30)23(19-8-10-20(26)11-9-19)35-25(21)27-24(18)29(36(3,31)32)14-7-13-28-12-5-6-15-37(28,33)34/h8-11,16H,4-7,12-15H2,1-3H3. The average Bonchev–Trinajstić information content (AvgIpc) is 3.20. The highest BCUT2D eigenvalue weighted by atomic mass is 32.2. The van der Waals surface area contributed by atoms with Gasteiger partial charge in [0.2, 0.25) is 25.8 Å². The number of anilines is 1. The normalized spacial score (nSPS) is 16.2. The number of pyridine rings is 1. The van der Waals surface area contributed by atoms with Crippen molar-refractivity contribution in [3.05, 3.63) is 47.3 Å². The summed E-state index contributed by atoms with van der Waals surface area (Å²) in [4.78, 5) is 17.1. The minimum absolute atomic E-state index is 0.0292. The summed E-state index contributed by atoms with van der Waals surface area (Å²) in [6.45, 7) is 3.91. The van der Waals surface area contributed by atoms with E-state index in [1.165, 1.54) is 35.5 Å². The van der Waals surface area contributed by atoms with Gasteiger partial charge >= 0.3 is 0 Å². The summed E-state index contributed by atoms with van der Waals surface area (Å²) in [6, 6.07) is 7.22. The maximum atomic E-state index is 13.5. The van der Waals surface area contributed by atoms with Crippen LogP contribution >= 0.6 is 0 Å². The fourth-order valence-electron chi connectivity index (χ4n) is 4.60. The Labute approximate surface area is 216 Å². The van der Waals surface area contributed by atoms with Crippen LogP contribution in [0.3, 0.4) is 0 Å². The van der Waals surface area contributed by atoms with Crippen LogP contribution in [0.5, 0.6) is 0 Å². The monoisotopic (exact) mass is 551 g/mol. The summed E-state index contributed by atoms with van der Waals surface area (Å²) < 4.78 is 72.3. The number of ketones is 1. The molecule has 4 rings (SSSR count). The van der Waals surface area contributed by atoms with Crippen LogP contribution in [-0.2, 0) is 26.5 Å². The molecule has 9 nitrogen and oxygen atoms in total. The molecule has 0 aliphatic carbocycles. The number of rotatable bonds is 9. The van der Waals surface area contributed by atoms with E-state index in [0.717, 1.165) is 17.0 Å². The largest absolute Gasteiger partial charge is 0.437 e. The minimum atomic E-state index is -3.77. The van der Waals surface area contributed by atoms with E-state index in [1.54, 1.807) is 6.07 Å². The van der Waals surface area contributed by atoms with Gasteiger partial charge in [-0.1, -0.05) is 6.92 Å². The summed E-state index contributed by atoms with van der Waals surface area (Å²) in [5.41, 5.74) is 1.46. The predicted octanol–water partition coefficient (Wildman–Crippen LogP) is 3.98. The minimum Gasteiger partial charge on any atom is -0.437 e. The van der Waals surface area contributed by atoms with Crippen molar-refractivity contribution in [2.45, 2.75) is 39.5 Å². The SMILES string of the molecule is CCc1cc2c(C(C)=O)c(-c3ccc(F)cc3)oc2nc1N(CCCN1CCCCS1(=O)=O)S(C)(=O)=O. The van der Waals surface area contributed by atoms with Crippen molar-refractivity contribution in [1.29, 1.82) is 0 Å². The fraction of sp³-hybridized carbons (Fsp3) is 0.440. The summed E-state index contributed by atoms with van der Waals surface area (Å²) in [6.07, 6.45) is 3.19. The first-order valence-corrected chi connectivity index (χ1v) is 15.6. The van der Waals surface area contributed by atoms with Crippen LogP contribution in [0.2, 0.25) is 0 Å².